The van der Waals surface area contributed by atoms with Crippen LogP contribution >= 0.6 is 0 Å². The maximum Gasteiger partial charge on any atom is 0.223 e. The summed E-state index contributed by atoms with van der Waals surface area (Å²) in [6.45, 7) is 1.39. The van der Waals surface area contributed by atoms with E-state index < -0.39 is 11.6 Å². The molecule has 1 saturated heterocycles. The Labute approximate surface area is 133 Å². The van der Waals surface area contributed by atoms with E-state index in [0.717, 1.165) is 31.5 Å². The molecule has 3 unspecified atom stereocenters. The van der Waals surface area contributed by atoms with Gasteiger partial charge in [-0.15, -0.1) is 0 Å². The molecule has 23 heavy (non-hydrogen) atoms. The highest BCUT2D eigenvalue weighted by atomic mass is 19.2. The lowest BCUT2D eigenvalue weighted by atomic mass is 9.98. The Morgan fingerprint density at radius 3 is 2.61 bits per heavy atom. The van der Waals surface area contributed by atoms with E-state index in [0.29, 0.717) is 18.4 Å². The molecule has 0 aromatic heterocycles. The molecule has 2 N–H and O–H groups in total. The number of halogens is 2. The van der Waals surface area contributed by atoms with Gasteiger partial charge in [-0.2, -0.15) is 0 Å². The van der Waals surface area contributed by atoms with Crippen LogP contribution < -0.4 is 5.73 Å². The highest BCUT2D eigenvalue weighted by Crippen LogP contribution is 2.37. The molecule has 3 rings (SSSR count). The number of hydrogen-bond donors (Lipinski definition) is 1. The minimum Gasteiger partial charge on any atom is -0.342 e. The fourth-order valence-corrected chi connectivity index (χ4v) is 3.70. The molecule has 6 heteroatoms. The fourth-order valence-electron chi connectivity index (χ4n) is 3.70. The van der Waals surface area contributed by atoms with Crippen LogP contribution in [0.25, 0.3) is 0 Å². The third-order valence-corrected chi connectivity index (χ3v) is 5.07. The topological polar surface area (TPSA) is 63.4 Å². The average molecular weight is 322 g/mol. The van der Waals surface area contributed by atoms with Crippen molar-refractivity contribution in [3.63, 3.8) is 0 Å². The molecule has 1 aromatic carbocycles. The average Bonchev–Trinajstić information content (AvgIpc) is 3.10. The van der Waals surface area contributed by atoms with Crippen LogP contribution in [-0.4, -0.2) is 35.7 Å². The standard InChI is InChI=1S/C17H20F2N2O2/c18-13-3-1-10(7-14(13)19)16(22)5-6-17(23)21-8-11-2-4-15(20)12(11)9-21/h1,3,7,11-12,15H,2,4-6,8-9,20H2. The molecule has 1 aliphatic carbocycles. The van der Waals surface area contributed by atoms with Gasteiger partial charge in [0.1, 0.15) is 0 Å². The fraction of sp³-hybridized carbons (Fsp3) is 0.529. The van der Waals surface area contributed by atoms with E-state index >= 15 is 0 Å². The highest BCUT2D eigenvalue weighted by Gasteiger charge is 2.42. The summed E-state index contributed by atoms with van der Waals surface area (Å²) in [5, 5.41) is 0. The van der Waals surface area contributed by atoms with Gasteiger partial charge in [-0.05, 0) is 42.9 Å². The second-order valence-corrected chi connectivity index (χ2v) is 6.52. The predicted molar refractivity (Wildman–Crippen MR) is 80.7 cm³/mol. The number of likely N-dealkylation sites (tertiary alicyclic amines) is 1. The number of nitrogens with zero attached hydrogens (tertiary/aromatic N) is 1. The molecule has 4 nitrogen and oxygen atoms in total. The lowest BCUT2D eigenvalue weighted by Gasteiger charge is -2.18. The van der Waals surface area contributed by atoms with Gasteiger partial charge in [0.15, 0.2) is 17.4 Å². The first-order valence-electron chi connectivity index (χ1n) is 7.97. The SMILES string of the molecule is NC1CCC2CN(C(=O)CCC(=O)c3ccc(F)c(F)c3)CC12. The summed E-state index contributed by atoms with van der Waals surface area (Å²) >= 11 is 0. The zero-order valence-corrected chi connectivity index (χ0v) is 12.8. The van der Waals surface area contributed by atoms with Gasteiger partial charge >= 0.3 is 0 Å². The molecule has 3 atom stereocenters. The Bertz CT molecular complexity index is 635. The first-order chi connectivity index (χ1) is 11.0. The molecule has 1 heterocycles. The molecule has 1 saturated carbocycles. The van der Waals surface area contributed by atoms with Crippen molar-refractivity contribution in [1.82, 2.24) is 4.90 Å². The zero-order valence-electron chi connectivity index (χ0n) is 12.8. The number of Topliss-reactive ketones (excluding diaryl/α,β-unsaturated/α-hetero) is 1. The van der Waals surface area contributed by atoms with Crippen LogP contribution in [0.1, 0.15) is 36.0 Å². The monoisotopic (exact) mass is 322 g/mol. The van der Waals surface area contributed by atoms with Crippen molar-refractivity contribution < 1.29 is 18.4 Å². The van der Waals surface area contributed by atoms with E-state index in [1.165, 1.54) is 6.07 Å². The van der Waals surface area contributed by atoms with Crippen molar-refractivity contribution in [2.24, 2.45) is 17.6 Å². The summed E-state index contributed by atoms with van der Waals surface area (Å²) in [6, 6.07) is 3.21. The number of benzene rings is 1. The molecular weight excluding hydrogens is 302 g/mol. The van der Waals surface area contributed by atoms with E-state index in [-0.39, 0.29) is 36.1 Å². The summed E-state index contributed by atoms with van der Waals surface area (Å²) in [7, 11) is 0. The lowest BCUT2D eigenvalue weighted by Crippen LogP contribution is -2.33. The molecule has 0 spiro atoms. The molecule has 1 aromatic rings. The van der Waals surface area contributed by atoms with Crippen molar-refractivity contribution in [1.29, 1.82) is 0 Å². The molecule has 0 radical (unpaired) electrons. The first-order valence-corrected chi connectivity index (χ1v) is 7.97. The predicted octanol–water partition coefficient (Wildman–Crippen LogP) is 2.12. The molecule has 0 bridgehead atoms. The number of ketones is 1. The smallest absolute Gasteiger partial charge is 0.223 e. The van der Waals surface area contributed by atoms with E-state index in [1.807, 2.05) is 0 Å². The minimum absolute atomic E-state index is 0.00178. The van der Waals surface area contributed by atoms with Gasteiger partial charge in [0.25, 0.3) is 0 Å². The number of carbonyl (C=O) groups excluding carboxylic acids is 2. The Kier molecular flexibility index (Phi) is 4.43. The van der Waals surface area contributed by atoms with Gasteiger partial charge in [0, 0.05) is 37.5 Å². The zero-order chi connectivity index (χ0) is 16.6. The van der Waals surface area contributed by atoms with E-state index in [9.17, 15) is 18.4 Å². The van der Waals surface area contributed by atoms with E-state index in [2.05, 4.69) is 0 Å². The molecule has 2 fully saturated rings. The van der Waals surface area contributed by atoms with Crippen molar-refractivity contribution >= 4 is 11.7 Å². The summed E-state index contributed by atoms with van der Waals surface area (Å²) in [5.74, 6) is -1.60. The second-order valence-electron chi connectivity index (χ2n) is 6.52. The van der Waals surface area contributed by atoms with E-state index in [4.69, 9.17) is 5.73 Å². The number of nitrogens with two attached hydrogens (primary N) is 1. The lowest BCUT2D eigenvalue weighted by molar-refractivity contribution is -0.130. The molecular formula is C17H20F2N2O2. The van der Waals surface area contributed by atoms with Crippen LogP contribution in [-0.2, 0) is 4.79 Å². The third-order valence-electron chi connectivity index (χ3n) is 5.07. The summed E-state index contributed by atoms with van der Waals surface area (Å²) in [6.07, 6.45) is 2.17. The maximum absolute atomic E-state index is 13.1. The van der Waals surface area contributed by atoms with Gasteiger partial charge in [-0.3, -0.25) is 9.59 Å². The Morgan fingerprint density at radius 1 is 1.13 bits per heavy atom. The van der Waals surface area contributed by atoms with Crippen LogP contribution in [0.3, 0.4) is 0 Å². The van der Waals surface area contributed by atoms with Crippen LogP contribution in [0.4, 0.5) is 8.78 Å². The molecule has 1 amide bonds. The van der Waals surface area contributed by atoms with Gasteiger partial charge < -0.3 is 10.6 Å². The highest BCUT2D eigenvalue weighted by molar-refractivity contribution is 5.97. The van der Waals surface area contributed by atoms with E-state index in [1.54, 1.807) is 4.90 Å². The van der Waals surface area contributed by atoms with Gasteiger partial charge in [-0.1, -0.05) is 0 Å². The number of rotatable bonds is 4. The minimum atomic E-state index is -1.05. The molecule has 1 aliphatic heterocycles. The number of amides is 1. The third kappa shape index (κ3) is 3.27. The summed E-state index contributed by atoms with van der Waals surface area (Å²) in [5.41, 5.74) is 6.14. The van der Waals surface area contributed by atoms with Crippen LogP contribution in [0.5, 0.6) is 0 Å². The van der Waals surface area contributed by atoms with Crippen molar-refractivity contribution in [3.05, 3.63) is 35.4 Å². The van der Waals surface area contributed by atoms with Crippen molar-refractivity contribution in [2.45, 2.75) is 31.7 Å². The Morgan fingerprint density at radius 2 is 1.91 bits per heavy atom. The van der Waals surface area contributed by atoms with Crippen molar-refractivity contribution in [3.8, 4) is 0 Å². The Hall–Kier alpha value is -1.82. The van der Waals surface area contributed by atoms with Crippen molar-refractivity contribution in [2.75, 3.05) is 13.1 Å². The summed E-state index contributed by atoms with van der Waals surface area (Å²) < 4.78 is 26.0. The number of hydrogen-bond acceptors (Lipinski definition) is 3. The number of carbonyl (C=O) groups is 2. The molecule has 124 valence electrons. The van der Waals surface area contributed by atoms with Gasteiger partial charge in [-0.25, -0.2) is 8.78 Å². The largest absolute Gasteiger partial charge is 0.342 e. The van der Waals surface area contributed by atoms with Crippen LogP contribution in [0, 0.1) is 23.5 Å². The maximum atomic E-state index is 13.1. The Balaban J connectivity index is 1.53. The molecule has 2 aliphatic rings. The number of fused-ring (bicyclic) bond motifs is 1. The van der Waals surface area contributed by atoms with Gasteiger partial charge in [0.2, 0.25) is 5.91 Å². The van der Waals surface area contributed by atoms with Crippen LogP contribution in [0.2, 0.25) is 0 Å². The van der Waals surface area contributed by atoms with Crippen LogP contribution in [0.15, 0.2) is 18.2 Å². The summed E-state index contributed by atoms with van der Waals surface area (Å²) in [4.78, 5) is 26.0. The normalized spacial score (nSPS) is 26.4. The quantitative estimate of drug-likeness (QED) is 0.864. The first kappa shape index (κ1) is 16.1. The van der Waals surface area contributed by atoms with Gasteiger partial charge in [0.05, 0.1) is 0 Å². The second kappa shape index (κ2) is 6.35.